The van der Waals surface area contributed by atoms with Gasteiger partial charge in [-0.2, -0.15) is 0 Å². The molecule has 1 aliphatic rings. The minimum Gasteiger partial charge on any atom is -0.857 e. The molecule has 0 amide bonds. The van der Waals surface area contributed by atoms with Crippen molar-refractivity contribution < 1.29 is 14.8 Å². The SMILES string of the molecule is COc1ccccc1N=C([O-])C1=C(C)Nc2cc([N+](=O)[O-])ccc2N1. The van der Waals surface area contributed by atoms with Crippen LogP contribution in [0.15, 0.2) is 58.9 Å². The first kappa shape index (κ1) is 16.3. The zero-order valence-electron chi connectivity index (χ0n) is 13.6. The van der Waals surface area contributed by atoms with Crippen LogP contribution in [0.5, 0.6) is 5.75 Å². The Balaban J connectivity index is 1.94. The average Bonchev–Trinajstić information content (AvgIpc) is 2.60. The van der Waals surface area contributed by atoms with Crippen LogP contribution in [0.4, 0.5) is 22.7 Å². The van der Waals surface area contributed by atoms with E-state index in [9.17, 15) is 15.2 Å². The molecule has 3 rings (SSSR count). The summed E-state index contributed by atoms with van der Waals surface area (Å²) in [7, 11) is 1.51. The first-order valence-corrected chi connectivity index (χ1v) is 7.42. The molecule has 0 saturated heterocycles. The van der Waals surface area contributed by atoms with Gasteiger partial charge in [-0.25, -0.2) is 0 Å². The van der Waals surface area contributed by atoms with Crippen LogP contribution in [-0.4, -0.2) is 17.9 Å². The summed E-state index contributed by atoms with van der Waals surface area (Å²) in [6.45, 7) is 1.69. The van der Waals surface area contributed by atoms with E-state index in [2.05, 4.69) is 15.6 Å². The lowest BCUT2D eigenvalue weighted by molar-refractivity contribution is -0.384. The molecule has 8 nitrogen and oxygen atoms in total. The summed E-state index contributed by atoms with van der Waals surface area (Å²) >= 11 is 0. The van der Waals surface area contributed by atoms with Crippen molar-refractivity contribution in [1.82, 2.24) is 0 Å². The van der Waals surface area contributed by atoms with Gasteiger partial charge in [-0.15, -0.1) is 0 Å². The second-order valence-corrected chi connectivity index (χ2v) is 5.33. The number of nitrogens with one attached hydrogen (secondary N) is 2. The van der Waals surface area contributed by atoms with Gasteiger partial charge < -0.3 is 20.5 Å². The number of nitro benzene ring substituents is 1. The summed E-state index contributed by atoms with van der Waals surface area (Å²) in [5, 5.41) is 29.4. The Morgan fingerprint density at radius 1 is 1.16 bits per heavy atom. The number of aliphatic imine (C=N–C) groups is 1. The van der Waals surface area contributed by atoms with Crippen molar-refractivity contribution >= 4 is 28.6 Å². The van der Waals surface area contributed by atoms with Crippen LogP contribution in [-0.2, 0) is 0 Å². The van der Waals surface area contributed by atoms with Crippen molar-refractivity contribution in [2.24, 2.45) is 4.99 Å². The lowest BCUT2D eigenvalue weighted by Crippen LogP contribution is -2.29. The summed E-state index contributed by atoms with van der Waals surface area (Å²) in [6, 6.07) is 11.3. The summed E-state index contributed by atoms with van der Waals surface area (Å²) in [4.78, 5) is 14.5. The van der Waals surface area contributed by atoms with Gasteiger partial charge in [0.2, 0.25) is 0 Å². The molecule has 0 unspecified atom stereocenters. The predicted octanol–water partition coefficient (Wildman–Crippen LogP) is 2.76. The zero-order valence-corrected chi connectivity index (χ0v) is 13.6. The molecule has 1 heterocycles. The quantitative estimate of drug-likeness (QED) is 0.383. The van der Waals surface area contributed by atoms with E-state index in [1.807, 2.05) is 0 Å². The van der Waals surface area contributed by atoms with Gasteiger partial charge in [-0.3, -0.25) is 15.1 Å². The lowest BCUT2D eigenvalue weighted by Gasteiger charge is -2.27. The van der Waals surface area contributed by atoms with E-state index < -0.39 is 10.8 Å². The number of ether oxygens (including phenoxy) is 1. The number of allylic oxidation sites excluding steroid dienone is 1. The molecule has 2 aromatic rings. The van der Waals surface area contributed by atoms with E-state index in [0.717, 1.165) is 0 Å². The third-order valence-corrected chi connectivity index (χ3v) is 3.69. The predicted molar refractivity (Wildman–Crippen MR) is 93.1 cm³/mol. The van der Waals surface area contributed by atoms with E-state index in [-0.39, 0.29) is 11.4 Å². The Morgan fingerprint density at radius 3 is 2.64 bits per heavy atom. The number of non-ortho nitro benzene ring substituents is 1. The summed E-state index contributed by atoms with van der Waals surface area (Å²) in [6.07, 6.45) is 0. The molecule has 0 aromatic heterocycles. The van der Waals surface area contributed by atoms with E-state index in [1.54, 1.807) is 37.3 Å². The number of hydrogen-bond acceptors (Lipinski definition) is 7. The van der Waals surface area contributed by atoms with Crippen LogP contribution in [0.3, 0.4) is 0 Å². The zero-order chi connectivity index (χ0) is 18.0. The lowest BCUT2D eigenvalue weighted by atomic mass is 10.1. The van der Waals surface area contributed by atoms with Crippen molar-refractivity contribution in [2.75, 3.05) is 17.7 Å². The number of anilines is 2. The Morgan fingerprint density at radius 2 is 1.92 bits per heavy atom. The van der Waals surface area contributed by atoms with Crippen molar-refractivity contribution in [1.29, 1.82) is 0 Å². The third-order valence-electron chi connectivity index (χ3n) is 3.69. The Hall–Kier alpha value is -3.55. The van der Waals surface area contributed by atoms with E-state index in [4.69, 9.17) is 4.74 Å². The highest BCUT2D eigenvalue weighted by atomic mass is 16.6. The van der Waals surface area contributed by atoms with Gasteiger partial charge in [-0.1, -0.05) is 12.1 Å². The van der Waals surface area contributed by atoms with Gasteiger partial charge in [0.05, 0.1) is 29.1 Å². The Labute approximate surface area is 143 Å². The molecule has 0 bridgehead atoms. The highest BCUT2D eigenvalue weighted by Gasteiger charge is 2.18. The molecule has 25 heavy (non-hydrogen) atoms. The fourth-order valence-corrected chi connectivity index (χ4v) is 2.45. The van der Waals surface area contributed by atoms with Crippen LogP contribution in [0.2, 0.25) is 0 Å². The number of benzene rings is 2. The van der Waals surface area contributed by atoms with Crippen LogP contribution >= 0.6 is 0 Å². The molecule has 0 saturated carbocycles. The fourth-order valence-electron chi connectivity index (χ4n) is 2.45. The molecule has 1 aliphatic heterocycles. The minimum atomic E-state index is -0.474. The summed E-state index contributed by atoms with van der Waals surface area (Å²) in [5.41, 5.74) is 2.28. The molecule has 128 valence electrons. The van der Waals surface area contributed by atoms with Crippen molar-refractivity contribution in [3.8, 4) is 5.75 Å². The Bertz CT molecular complexity index is 905. The van der Waals surface area contributed by atoms with Gasteiger partial charge in [0.25, 0.3) is 5.69 Å². The fraction of sp³-hybridized carbons (Fsp3) is 0.118. The molecule has 8 heteroatoms. The molecule has 0 atom stereocenters. The molecular formula is C17H15N4O4-. The average molecular weight is 339 g/mol. The highest BCUT2D eigenvalue weighted by molar-refractivity contribution is 5.99. The van der Waals surface area contributed by atoms with E-state index in [0.29, 0.717) is 28.5 Å². The monoisotopic (exact) mass is 339 g/mol. The van der Waals surface area contributed by atoms with Gasteiger partial charge >= 0.3 is 0 Å². The standard InChI is InChI=1S/C17H16N4O4/c1-10-16(17(22)20-13-5-3-4-6-15(13)25-2)19-12-8-7-11(21(23)24)9-14(12)18-10/h3-9,18-19H,1-2H3,(H,20,22)/p-1. The van der Waals surface area contributed by atoms with Crippen molar-refractivity contribution in [2.45, 2.75) is 6.92 Å². The maximum absolute atomic E-state index is 12.5. The number of para-hydroxylation sites is 2. The van der Waals surface area contributed by atoms with Crippen molar-refractivity contribution in [3.63, 3.8) is 0 Å². The maximum atomic E-state index is 12.5. The molecule has 0 aliphatic carbocycles. The van der Waals surface area contributed by atoms with Crippen LogP contribution in [0, 0.1) is 10.1 Å². The molecule has 0 fully saturated rings. The first-order chi connectivity index (χ1) is 12.0. The topological polar surface area (TPSA) is 112 Å². The second kappa shape index (κ2) is 6.52. The van der Waals surface area contributed by atoms with Crippen LogP contribution in [0.1, 0.15) is 6.92 Å². The van der Waals surface area contributed by atoms with Crippen LogP contribution in [0.25, 0.3) is 0 Å². The summed E-state index contributed by atoms with van der Waals surface area (Å²) in [5.74, 6) is 0.0207. The van der Waals surface area contributed by atoms with Crippen LogP contribution < -0.4 is 20.5 Å². The van der Waals surface area contributed by atoms with E-state index in [1.165, 1.54) is 19.2 Å². The van der Waals surface area contributed by atoms with Gasteiger partial charge in [-0.05, 0) is 25.1 Å². The minimum absolute atomic E-state index is 0.0330. The molecular weight excluding hydrogens is 324 g/mol. The van der Waals surface area contributed by atoms with Gasteiger partial charge in [0.1, 0.15) is 11.4 Å². The molecule has 0 radical (unpaired) electrons. The smallest absolute Gasteiger partial charge is 0.271 e. The highest BCUT2D eigenvalue weighted by Crippen LogP contribution is 2.34. The largest absolute Gasteiger partial charge is 0.857 e. The van der Waals surface area contributed by atoms with Gasteiger partial charge in [0, 0.05) is 23.7 Å². The molecule has 2 aromatic carbocycles. The number of hydrogen-bond donors (Lipinski definition) is 2. The van der Waals surface area contributed by atoms with Crippen molar-refractivity contribution in [3.05, 3.63) is 64.0 Å². The second-order valence-electron chi connectivity index (χ2n) is 5.33. The first-order valence-electron chi connectivity index (χ1n) is 7.42. The normalized spacial score (nSPS) is 13.6. The van der Waals surface area contributed by atoms with E-state index >= 15 is 0 Å². The Kier molecular flexibility index (Phi) is 4.25. The number of fused-ring (bicyclic) bond motifs is 1. The third kappa shape index (κ3) is 3.23. The number of nitro groups is 1. The number of rotatable bonds is 4. The molecule has 0 spiro atoms. The molecule has 2 N–H and O–H groups in total. The summed E-state index contributed by atoms with van der Waals surface area (Å²) < 4.78 is 5.19. The van der Waals surface area contributed by atoms with Gasteiger partial charge in [0.15, 0.2) is 0 Å². The number of nitrogens with zero attached hydrogens (tertiary/aromatic N) is 2. The maximum Gasteiger partial charge on any atom is 0.271 e. The number of methoxy groups -OCH3 is 1.